The maximum absolute atomic E-state index is 12.0. The second-order valence-electron chi connectivity index (χ2n) is 3.99. The minimum atomic E-state index is -5.10. The highest BCUT2D eigenvalue weighted by Gasteiger charge is 2.38. The Kier molecular flexibility index (Phi) is 4.86. The van der Waals surface area contributed by atoms with Gasteiger partial charge >= 0.3 is 17.8 Å². The highest BCUT2D eigenvalue weighted by atomic mass is 19.4. The van der Waals surface area contributed by atoms with Crippen molar-refractivity contribution in [2.75, 3.05) is 6.54 Å². The first kappa shape index (κ1) is 17.1. The average molecular weight is 323 g/mol. The van der Waals surface area contributed by atoms with Crippen LogP contribution >= 0.6 is 0 Å². The van der Waals surface area contributed by atoms with Crippen molar-refractivity contribution in [2.24, 2.45) is 0 Å². The van der Waals surface area contributed by atoms with Crippen molar-refractivity contribution in [3.8, 4) is 5.75 Å². The highest BCUT2D eigenvalue weighted by Crippen LogP contribution is 2.34. The Balaban J connectivity index is 2.97. The van der Waals surface area contributed by atoms with E-state index in [2.05, 4.69) is 0 Å². The largest absolute Gasteiger partial charge is 0.502 e. The summed E-state index contributed by atoms with van der Waals surface area (Å²) in [6.07, 6.45) is -5.56. The van der Waals surface area contributed by atoms with Crippen molar-refractivity contribution in [2.45, 2.75) is 12.6 Å². The molecule has 0 aliphatic carbocycles. The van der Waals surface area contributed by atoms with E-state index in [4.69, 9.17) is 0 Å². The molecule has 12 heteroatoms. The van der Waals surface area contributed by atoms with Crippen LogP contribution in [0.1, 0.15) is 5.56 Å². The minimum absolute atomic E-state index is 0.330. The predicted molar refractivity (Wildman–Crippen MR) is 64.2 cm³/mol. The van der Waals surface area contributed by atoms with Crippen molar-refractivity contribution >= 4 is 17.3 Å². The summed E-state index contributed by atoms with van der Waals surface area (Å²) in [6.45, 7) is -0.621. The number of phenols is 1. The van der Waals surface area contributed by atoms with Gasteiger partial charge in [-0.2, -0.15) is 13.2 Å². The molecule has 0 saturated heterocycles. The van der Waals surface area contributed by atoms with E-state index in [-0.39, 0.29) is 5.56 Å². The Morgan fingerprint density at radius 3 is 2.27 bits per heavy atom. The van der Waals surface area contributed by atoms with Gasteiger partial charge in [-0.05, 0) is 6.42 Å². The lowest BCUT2D eigenvalue weighted by Crippen LogP contribution is -2.37. The molecule has 0 heterocycles. The zero-order chi connectivity index (χ0) is 17.1. The van der Waals surface area contributed by atoms with E-state index >= 15 is 0 Å². The number of hydrogen-bond acceptors (Lipinski definition) is 6. The lowest BCUT2D eigenvalue weighted by Gasteiger charge is -2.09. The van der Waals surface area contributed by atoms with E-state index in [1.807, 2.05) is 0 Å². The molecule has 0 bridgehead atoms. The number of non-ortho nitro benzene ring substituents is 1. The third kappa shape index (κ3) is 4.04. The van der Waals surface area contributed by atoms with Crippen molar-refractivity contribution in [1.29, 1.82) is 0 Å². The molecule has 9 nitrogen and oxygen atoms in total. The summed E-state index contributed by atoms with van der Waals surface area (Å²) in [5.41, 5.74) is -1.99. The second-order valence-corrected chi connectivity index (χ2v) is 3.99. The Morgan fingerprint density at radius 2 is 1.82 bits per heavy atom. The van der Waals surface area contributed by atoms with Gasteiger partial charge in [-0.15, -0.1) is 0 Å². The number of phenolic OH excluding ortho intramolecular Hbond substituents is 1. The molecule has 0 spiro atoms. The van der Waals surface area contributed by atoms with Gasteiger partial charge in [-0.25, -0.2) is 0 Å². The smallest absolute Gasteiger partial charge is 0.471 e. The van der Waals surface area contributed by atoms with Crippen molar-refractivity contribution in [1.82, 2.24) is 5.32 Å². The molecule has 1 amide bonds. The summed E-state index contributed by atoms with van der Waals surface area (Å²) >= 11 is 0. The first-order valence-electron chi connectivity index (χ1n) is 5.53. The van der Waals surface area contributed by atoms with Crippen LogP contribution in [0.4, 0.5) is 24.5 Å². The number of aromatic hydroxyl groups is 1. The van der Waals surface area contributed by atoms with Gasteiger partial charge in [0.05, 0.1) is 15.9 Å². The van der Waals surface area contributed by atoms with E-state index in [0.717, 1.165) is 6.07 Å². The fourth-order valence-corrected chi connectivity index (χ4v) is 1.51. The van der Waals surface area contributed by atoms with Crippen LogP contribution in [0.5, 0.6) is 5.75 Å². The summed E-state index contributed by atoms with van der Waals surface area (Å²) in [6, 6.07) is 1.30. The van der Waals surface area contributed by atoms with Crippen molar-refractivity contribution in [3.05, 3.63) is 37.9 Å². The molecule has 1 aromatic carbocycles. The highest BCUT2D eigenvalue weighted by molar-refractivity contribution is 5.81. The van der Waals surface area contributed by atoms with Crippen LogP contribution in [-0.4, -0.2) is 33.6 Å². The molecule has 0 saturated carbocycles. The number of hydrogen-bond donors (Lipinski definition) is 2. The number of nitrogens with zero attached hydrogens (tertiary/aromatic N) is 2. The molecule has 22 heavy (non-hydrogen) atoms. The number of halogens is 3. The van der Waals surface area contributed by atoms with Crippen LogP contribution < -0.4 is 5.32 Å². The van der Waals surface area contributed by atoms with Gasteiger partial charge in [-0.3, -0.25) is 25.0 Å². The molecule has 0 radical (unpaired) electrons. The van der Waals surface area contributed by atoms with Gasteiger partial charge in [0.2, 0.25) is 0 Å². The summed E-state index contributed by atoms with van der Waals surface area (Å²) in [7, 11) is 0. The third-order valence-electron chi connectivity index (χ3n) is 2.50. The Hall–Kier alpha value is -2.92. The Morgan fingerprint density at radius 1 is 1.23 bits per heavy atom. The van der Waals surface area contributed by atoms with Gasteiger partial charge in [0.15, 0.2) is 5.75 Å². The van der Waals surface area contributed by atoms with E-state index in [0.29, 0.717) is 6.07 Å². The molecule has 1 rings (SSSR count). The summed E-state index contributed by atoms with van der Waals surface area (Å²) in [5.74, 6) is -3.14. The van der Waals surface area contributed by atoms with E-state index in [1.165, 1.54) is 5.32 Å². The molecular weight excluding hydrogens is 315 g/mol. The molecule has 0 unspecified atom stereocenters. The fraction of sp³-hybridized carbons (Fsp3) is 0.300. The first-order valence-corrected chi connectivity index (χ1v) is 5.53. The maximum atomic E-state index is 12.0. The SMILES string of the molecule is O=C(NCCc1cc([N+](=O)[O-])cc([N+](=O)[O-])c1O)C(F)(F)F. The van der Waals surface area contributed by atoms with Gasteiger partial charge < -0.3 is 10.4 Å². The lowest BCUT2D eigenvalue weighted by molar-refractivity contribution is -0.394. The molecular formula is C10H8F3N3O6. The van der Waals surface area contributed by atoms with Crippen LogP contribution in [-0.2, 0) is 11.2 Å². The number of nitrogens with one attached hydrogen (secondary N) is 1. The number of carbonyl (C=O) groups excluding carboxylic acids is 1. The topological polar surface area (TPSA) is 136 Å². The third-order valence-corrected chi connectivity index (χ3v) is 2.50. The number of alkyl halides is 3. The average Bonchev–Trinajstić information content (AvgIpc) is 2.38. The molecule has 0 aromatic heterocycles. The molecule has 2 N–H and O–H groups in total. The lowest BCUT2D eigenvalue weighted by atomic mass is 10.1. The number of amides is 1. The summed E-state index contributed by atoms with van der Waals surface area (Å²) in [5, 5.41) is 32.4. The van der Waals surface area contributed by atoms with Crippen LogP contribution in [0.25, 0.3) is 0 Å². The van der Waals surface area contributed by atoms with Crippen LogP contribution in [0, 0.1) is 20.2 Å². The molecule has 0 aliphatic heterocycles. The fourth-order valence-electron chi connectivity index (χ4n) is 1.51. The number of rotatable bonds is 5. The maximum Gasteiger partial charge on any atom is 0.471 e. The van der Waals surface area contributed by atoms with Gasteiger partial charge in [0.25, 0.3) is 5.69 Å². The van der Waals surface area contributed by atoms with Crippen LogP contribution in [0.15, 0.2) is 12.1 Å². The Bertz CT molecular complexity index is 631. The molecule has 0 fully saturated rings. The van der Waals surface area contributed by atoms with Gasteiger partial charge in [0, 0.05) is 18.2 Å². The van der Waals surface area contributed by atoms with Gasteiger partial charge in [0.1, 0.15) is 0 Å². The normalized spacial score (nSPS) is 11.0. The molecule has 1 aromatic rings. The number of benzene rings is 1. The monoisotopic (exact) mass is 323 g/mol. The van der Waals surface area contributed by atoms with E-state index in [1.54, 1.807) is 0 Å². The number of carbonyl (C=O) groups is 1. The van der Waals surface area contributed by atoms with Gasteiger partial charge in [-0.1, -0.05) is 0 Å². The summed E-state index contributed by atoms with van der Waals surface area (Å²) in [4.78, 5) is 29.9. The zero-order valence-electron chi connectivity index (χ0n) is 10.6. The Labute approximate surface area is 119 Å². The van der Waals surface area contributed by atoms with Crippen LogP contribution in [0.2, 0.25) is 0 Å². The zero-order valence-corrected chi connectivity index (χ0v) is 10.6. The standard InChI is InChI=1S/C10H8F3N3O6/c11-10(12,13)9(18)14-2-1-5-3-6(15(19)20)4-7(8(5)17)16(21)22/h3-4,17H,1-2H2,(H,14,18). The number of nitro benzene ring substituents is 2. The second kappa shape index (κ2) is 6.24. The predicted octanol–water partition coefficient (Wildman–Crippen LogP) is 1.43. The first-order chi connectivity index (χ1) is 10.0. The molecule has 0 atom stereocenters. The summed E-state index contributed by atoms with van der Waals surface area (Å²) < 4.78 is 35.9. The minimum Gasteiger partial charge on any atom is -0.502 e. The number of nitro groups is 2. The van der Waals surface area contributed by atoms with Crippen LogP contribution in [0.3, 0.4) is 0 Å². The van der Waals surface area contributed by atoms with Crippen molar-refractivity contribution in [3.63, 3.8) is 0 Å². The van der Waals surface area contributed by atoms with E-state index in [9.17, 15) is 43.3 Å². The quantitative estimate of drug-likeness (QED) is 0.621. The van der Waals surface area contributed by atoms with Crippen molar-refractivity contribution < 1.29 is 32.9 Å². The van der Waals surface area contributed by atoms with E-state index < -0.39 is 52.0 Å². The molecule has 0 aliphatic rings. The molecule has 120 valence electrons.